The molecule has 3 rings (SSSR count). The van der Waals surface area contributed by atoms with E-state index in [4.69, 9.17) is 9.47 Å². The monoisotopic (exact) mass is 448 g/mol. The second-order valence-corrected chi connectivity index (χ2v) is 9.13. The molecule has 0 aromatic heterocycles. The van der Waals surface area contributed by atoms with E-state index >= 15 is 0 Å². The van der Waals surface area contributed by atoms with Crippen LogP contribution in [-0.4, -0.2) is 56.1 Å². The fourth-order valence-corrected chi connectivity index (χ4v) is 4.84. The quantitative estimate of drug-likeness (QED) is 0.571. The number of sulfonamides is 1. The van der Waals surface area contributed by atoms with Gasteiger partial charge in [0.05, 0.1) is 16.7 Å². The summed E-state index contributed by atoms with van der Waals surface area (Å²) >= 11 is 0. The number of carbonyl (C=O) groups excluding carboxylic acids is 1. The lowest BCUT2D eigenvalue weighted by Crippen LogP contribution is -2.30. The van der Waals surface area contributed by atoms with E-state index in [1.54, 1.807) is 38.1 Å². The van der Waals surface area contributed by atoms with Crippen molar-refractivity contribution < 1.29 is 27.8 Å². The highest BCUT2D eigenvalue weighted by Gasteiger charge is 2.23. The van der Waals surface area contributed by atoms with E-state index in [0.717, 1.165) is 19.4 Å². The van der Waals surface area contributed by atoms with Crippen LogP contribution < -0.4 is 10.1 Å². The van der Waals surface area contributed by atoms with Crippen molar-refractivity contribution >= 4 is 21.6 Å². The summed E-state index contributed by atoms with van der Waals surface area (Å²) in [6.07, 6.45) is 2.12. The van der Waals surface area contributed by atoms with Gasteiger partial charge in [0.25, 0.3) is 5.91 Å². The predicted molar refractivity (Wildman–Crippen MR) is 117 cm³/mol. The van der Waals surface area contributed by atoms with E-state index in [-0.39, 0.29) is 22.4 Å². The lowest BCUT2D eigenvalue weighted by molar-refractivity contribution is 0.0679. The van der Waals surface area contributed by atoms with E-state index < -0.39 is 15.9 Å². The molecule has 1 atom stereocenters. The van der Waals surface area contributed by atoms with Crippen LogP contribution in [0.4, 0.5) is 5.69 Å². The van der Waals surface area contributed by atoms with E-state index in [2.05, 4.69) is 5.32 Å². The van der Waals surface area contributed by atoms with Crippen molar-refractivity contribution in [2.75, 3.05) is 31.6 Å². The predicted octanol–water partition coefficient (Wildman–Crippen LogP) is 3.23. The van der Waals surface area contributed by atoms with Gasteiger partial charge in [0, 0.05) is 25.3 Å². The highest BCUT2D eigenvalue weighted by molar-refractivity contribution is 7.89. The number of carbonyl (C=O) groups is 1. The van der Waals surface area contributed by atoms with Crippen molar-refractivity contribution in [3.05, 3.63) is 48.0 Å². The fraction of sp³-hybridized carbons (Fsp3) is 0.409. The number of nitrogens with zero attached hydrogens (tertiary/aromatic N) is 1. The van der Waals surface area contributed by atoms with Gasteiger partial charge in [0.1, 0.15) is 18.1 Å². The Kier molecular flexibility index (Phi) is 7.53. The van der Waals surface area contributed by atoms with E-state index in [1.807, 2.05) is 0 Å². The molecule has 1 heterocycles. The first-order valence-corrected chi connectivity index (χ1v) is 11.8. The van der Waals surface area contributed by atoms with Crippen LogP contribution in [0.2, 0.25) is 0 Å². The Morgan fingerprint density at radius 2 is 1.90 bits per heavy atom. The number of amides is 1. The summed E-state index contributed by atoms with van der Waals surface area (Å²) in [5, 5.41) is 12.7. The number of phenols is 1. The SMILES string of the molecule is CCN(CC)S(=O)(=O)c1ccc(O)c(NC(=O)c2ccc(OCC3CCCO3)cc2)c1. The van der Waals surface area contributed by atoms with Gasteiger partial charge in [0.15, 0.2) is 0 Å². The number of hydrogen-bond acceptors (Lipinski definition) is 6. The molecule has 1 fully saturated rings. The molecule has 1 aliphatic rings. The summed E-state index contributed by atoms with van der Waals surface area (Å²) in [7, 11) is -3.72. The molecule has 8 nitrogen and oxygen atoms in total. The maximum Gasteiger partial charge on any atom is 0.255 e. The molecule has 9 heteroatoms. The Morgan fingerprint density at radius 1 is 1.19 bits per heavy atom. The minimum absolute atomic E-state index is 0.00202. The van der Waals surface area contributed by atoms with Crippen LogP contribution in [0.5, 0.6) is 11.5 Å². The zero-order valence-corrected chi connectivity index (χ0v) is 18.5. The van der Waals surface area contributed by atoms with E-state index in [9.17, 15) is 18.3 Å². The lowest BCUT2D eigenvalue weighted by atomic mass is 10.2. The summed E-state index contributed by atoms with van der Waals surface area (Å²) < 4.78 is 37.9. The van der Waals surface area contributed by atoms with Crippen molar-refractivity contribution in [3.8, 4) is 11.5 Å². The Bertz CT molecular complexity index is 997. The molecule has 1 saturated heterocycles. The third kappa shape index (κ3) is 5.55. The maximum absolute atomic E-state index is 12.7. The molecule has 31 heavy (non-hydrogen) atoms. The molecule has 0 spiro atoms. The van der Waals surface area contributed by atoms with Crippen LogP contribution in [0.25, 0.3) is 0 Å². The van der Waals surface area contributed by atoms with Crippen molar-refractivity contribution in [1.82, 2.24) is 4.31 Å². The first-order chi connectivity index (χ1) is 14.8. The summed E-state index contributed by atoms with van der Waals surface area (Å²) in [6.45, 7) is 5.37. The van der Waals surface area contributed by atoms with Crippen LogP contribution in [0.15, 0.2) is 47.4 Å². The minimum Gasteiger partial charge on any atom is -0.506 e. The molecule has 0 radical (unpaired) electrons. The number of aromatic hydroxyl groups is 1. The van der Waals surface area contributed by atoms with E-state index in [0.29, 0.717) is 31.0 Å². The number of ether oxygens (including phenoxy) is 2. The third-order valence-electron chi connectivity index (χ3n) is 5.14. The average molecular weight is 449 g/mol. The highest BCUT2D eigenvalue weighted by atomic mass is 32.2. The van der Waals surface area contributed by atoms with Gasteiger partial charge in [-0.05, 0) is 55.3 Å². The normalized spacial score (nSPS) is 16.4. The van der Waals surface area contributed by atoms with Gasteiger partial charge in [-0.2, -0.15) is 4.31 Å². The van der Waals surface area contributed by atoms with Crippen LogP contribution in [0.3, 0.4) is 0 Å². The van der Waals surface area contributed by atoms with Gasteiger partial charge in [-0.15, -0.1) is 0 Å². The summed E-state index contributed by atoms with van der Waals surface area (Å²) in [4.78, 5) is 12.6. The lowest BCUT2D eigenvalue weighted by Gasteiger charge is -2.19. The van der Waals surface area contributed by atoms with Crippen LogP contribution in [0.1, 0.15) is 37.0 Å². The molecule has 2 aromatic rings. The van der Waals surface area contributed by atoms with Crippen molar-refractivity contribution in [3.63, 3.8) is 0 Å². The first kappa shape index (κ1) is 23.1. The van der Waals surface area contributed by atoms with Crippen molar-refractivity contribution in [2.45, 2.75) is 37.7 Å². The molecule has 2 aromatic carbocycles. The van der Waals surface area contributed by atoms with E-state index in [1.165, 1.54) is 22.5 Å². The Hall–Kier alpha value is -2.62. The molecule has 1 unspecified atom stereocenters. The van der Waals surface area contributed by atoms with Crippen molar-refractivity contribution in [2.24, 2.45) is 0 Å². The van der Waals surface area contributed by atoms with Gasteiger partial charge in [-0.1, -0.05) is 13.8 Å². The maximum atomic E-state index is 12.7. The zero-order valence-electron chi connectivity index (χ0n) is 17.7. The standard InChI is InChI=1S/C22H28N2O6S/c1-3-24(4-2)31(27,28)19-11-12-21(25)20(14-19)23-22(26)16-7-9-17(10-8-16)30-15-18-6-5-13-29-18/h7-12,14,18,25H,3-6,13,15H2,1-2H3,(H,23,26). The number of benzene rings is 2. The molecular formula is C22H28N2O6S. The van der Waals surface area contributed by atoms with Crippen LogP contribution in [0, 0.1) is 0 Å². The molecule has 2 N–H and O–H groups in total. The molecule has 0 bridgehead atoms. The van der Waals surface area contributed by atoms with Crippen LogP contribution in [-0.2, 0) is 14.8 Å². The van der Waals surface area contributed by atoms with Gasteiger partial charge in [-0.25, -0.2) is 8.42 Å². The summed E-state index contributed by atoms with van der Waals surface area (Å²) in [6, 6.07) is 10.4. The molecule has 1 aliphatic heterocycles. The molecule has 0 saturated carbocycles. The Labute approximate surface area is 182 Å². The zero-order chi connectivity index (χ0) is 22.4. The van der Waals surface area contributed by atoms with Gasteiger partial charge >= 0.3 is 0 Å². The van der Waals surface area contributed by atoms with Crippen molar-refractivity contribution in [1.29, 1.82) is 0 Å². The smallest absolute Gasteiger partial charge is 0.255 e. The Balaban J connectivity index is 1.69. The number of hydrogen-bond donors (Lipinski definition) is 2. The molecule has 168 valence electrons. The minimum atomic E-state index is -3.72. The third-order valence-corrected chi connectivity index (χ3v) is 7.18. The first-order valence-electron chi connectivity index (χ1n) is 10.3. The second kappa shape index (κ2) is 10.1. The van der Waals surface area contributed by atoms with Crippen LogP contribution >= 0.6 is 0 Å². The van der Waals surface area contributed by atoms with Gasteiger partial charge < -0.3 is 19.9 Å². The topological polar surface area (TPSA) is 105 Å². The van der Waals surface area contributed by atoms with Gasteiger partial charge in [0.2, 0.25) is 10.0 Å². The number of nitrogens with one attached hydrogen (secondary N) is 1. The average Bonchev–Trinajstić information content (AvgIpc) is 3.28. The summed E-state index contributed by atoms with van der Waals surface area (Å²) in [5.41, 5.74) is 0.373. The number of rotatable bonds is 9. The fourth-order valence-electron chi connectivity index (χ4n) is 3.35. The molecular weight excluding hydrogens is 420 g/mol. The largest absolute Gasteiger partial charge is 0.506 e. The second-order valence-electron chi connectivity index (χ2n) is 7.19. The Morgan fingerprint density at radius 3 is 2.52 bits per heavy atom. The molecule has 1 amide bonds. The number of phenolic OH excluding ortho intramolecular Hbond substituents is 1. The van der Waals surface area contributed by atoms with Gasteiger partial charge in [-0.3, -0.25) is 4.79 Å². The number of anilines is 1. The molecule has 0 aliphatic carbocycles. The summed E-state index contributed by atoms with van der Waals surface area (Å²) in [5.74, 6) is -0.0658. The highest BCUT2D eigenvalue weighted by Crippen LogP contribution is 2.28.